The van der Waals surface area contributed by atoms with Gasteiger partial charge in [0, 0.05) is 18.2 Å². The molecule has 35 heavy (non-hydrogen) atoms. The number of carbonyl (C=O) groups is 2. The van der Waals surface area contributed by atoms with Gasteiger partial charge in [-0.05, 0) is 45.7 Å². The molecule has 0 fully saturated rings. The molecule has 188 valence electrons. The first-order valence-electron chi connectivity index (χ1n) is 12.0. The number of aromatic nitrogens is 3. The van der Waals surface area contributed by atoms with Crippen LogP contribution in [-0.4, -0.2) is 39.8 Å². The van der Waals surface area contributed by atoms with Crippen molar-refractivity contribution in [3.63, 3.8) is 0 Å². The highest BCUT2D eigenvalue weighted by molar-refractivity contribution is 5.84. The zero-order chi connectivity index (χ0) is 25.4. The summed E-state index contributed by atoms with van der Waals surface area (Å²) >= 11 is 0. The van der Waals surface area contributed by atoms with Crippen molar-refractivity contribution < 1.29 is 23.5 Å². The Morgan fingerprint density at radius 1 is 1.11 bits per heavy atom. The van der Waals surface area contributed by atoms with E-state index in [2.05, 4.69) is 20.5 Å². The van der Waals surface area contributed by atoms with Gasteiger partial charge in [-0.2, -0.15) is 0 Å². The van der Waals surface area contributed by atoms with E-state index in [1.807, 2.05) is 37.3 Å². The second kappa shape index (κ2) is 11.8. The Balaban J connectivity index is 1.80. The van der Waals surface area contributed by atoms with Crippen LogP contribution in [0.15, 0.2) is 34.7 Å². The number of para-hydroxylation sites is 1. The van der Waals surface area contributed by atoms with Crippen molar-refractivity contribution in [1.82, 2.24) is 20.5 Å². The lowest BCUT2D eigenvalue weighted by Gasteiger charge is -2.22. The first kappa shape index (κ1) is 26.1. The molecule has 2 aromatic heterocycles. The lowest BCUT2D eigenvalue weighted by molar-refractivity contribution is -0.118. The minimum atomic E-state index is -0.640. The SMILES string of the molecule is CCC(=O)CCCCCC(NC(=O)OC(C)(C)C)c1nnc(-c2cc3ccccc3nc2OC)o1. The van der Waals surface area contributed by atoms with E-state index in [4.69, 9.17) is 13.9 Å². The van der Waals surface area contributed by atoms with E-state index in [-0.39, 0.29) is 17.6 Å². The van der Waals surface area contributed by atoms with Crippen molar-refractivity contribution in [1.29, 1.82) is 0 Å². The van der Waals surface area contributed by atoms with E-state index in [1.54, 1.807) is 20.8 Å². The van der Waals surface area contributed by atoms with Gasteiger partial charge >= 0.3 is 6.09 Å². The third-order valence-corrected chi connectivity index (χ3v) is 5.39. The molecule has 1 atom stereocenters. The Bertz CT molecular complexity index is 1150. The third-order valence-electron chi connectivity index (χ3n) is 5.39. The predicted molar refractivity (Wildman–Crippen MR) is 132 cm³/mol. The molecule has 1 unspecified atom stereocenters. The van der Waals surface area contributed by atoms with E-state index < -0.39 is 17.7 Å². The van der Waals surface area contributed by atoms with E-state index in [1.165, 1.54) is 7.11 Å². The largest absolute Gasteiger partial charge is 0.480 e. The number of nitrogens with one attached hydrogen (secondary N) is 1. The maximum atomic E-state index is 12.5. The molecule has 0 spiro atoms. The summed E-state index contributed by atoms with van der Waals surface area (Å²) in [5, 5.41) is 12.2. The van der Waals surface area contributed by atoms with Gasteiger partial charge in [0.15, 0.2) is 0 Å². The highest BCUT2D eigenvalue weighted by Crippen LogP contribution is 2.32. The number of carbonyl (C=O) groups excluding carboxylic acids is 2. The van der Waals surface area contributed by atoms with Gasteiger partial charge in [-0.15, -0.1) is 10.2 Å². The normalized spacial score (nSPS) is 12.4. The number of methoxy groups -OCH3 is 1. The van der Waals surface area contributed by atoms with Crippen LogP contribution in [-0.2, 0) is 9.53 Å². The van der Waals surface area contributed by atoms with E-state index in [9.17, 15) is 9.59 Å². The number of nitrogens with zero attached hydrogens (tertiary/aromatic N) is 3. The highest BCUT2D eigenvalue weighted by Gasteiger charge is 2.25. The van der Waals surface area contributed by atoms with Crippen LogP contribution >= 0.6 is 0 Å². The summed E-state index contributed by atoms with van der Waals surface area (Å²) in [7, 11) is 1.54. The predicted octanol–water partition coefficient (Wildman–Crippen LogP) is 5.79. The van der Waals surface area contributed by atoms with Gasteiger partial charge in [0.05, 0.1) is 12.6 Å². The quantitative estimate of drug-likeness (QED) is 0.341. The number of fused-ring (bicyclic) bond motifs is 1. The molecule has 3 rings (SSSR count). The smallest absolute Gasteiger partial charge is 0.408 e. The third kappa shape index (κ3) is 7.50. The van der Waals surface area contributed by atoms with Gasteiger partial charge < -0.3 is 19.2 Å². The molecule has 1 amide bonds. The standard InChI is InChI=1S/C26H34N4O5/c1-6-18(31)13-8-7-9-15-21(28-25(32)35-26(2,3)4)24-30-29-23(34-24)19-16-17-12-10-11-14-20(17)27-22(19)33-5/h10-12,14,16,21H,6-9,13,15H2,1-5H3,(H,28,32). The number of hydrogen-bond acceptors (Lipinski definition) is 8. The zero-order valence-corrected chi connectivity index (χ0v) is 21.1. The molecule has 9 heteroatoms. The maximum absolute atomic E-state index is 12.5. The van der Waals surface area contributed by atoms with Crippen molar-refractivity contribution in [3.05, 3.63) is 36.2 Å². The van der Waals surface area contributed by atoms with Crippen LogP contribution in [0.5, 0.6) is 5.88 Å². The van der Waals surface area contributed by atoms with E-state index in [0.717, 1.165) is 30.2 Å². The molecule has 0 aliphatic heterocycles. The van der Waals surface area contributed by atoms with Crippen LogP contribution in [0.25, 0.3) is 22.4 Å². The maximum Gasteiger partial charge on any atom is 0.408 e. The number of Topliss-reactive ketones (excluding diaryl/α,β-unsaturated/α-hetero) is 1. The average molecular weight is 483 g/mol. The molecular weight excluding hydrogens is 448 g/mol. The zero-order valence-electron chi connectivity index (χ0n) is 21.1. The van der Waals surface area contributed by atoms with Crippen LogP contribution in [0.2, 0.25) is 0 Å². The summed E-state index contributed by atoms with van der Waals surface area (Å²) in [6, 6.07) is 9.03. The molecule has 9 nitrogen and oxygen atoms in total. The molecule has 0 bridgehead atoms. The Kier molecular flexibility index (Phi) is 8.78. The van der Waals surface area contributed by atoms with Gasteiger partial charge in [0.2, 0.25) is 11.8 Å². The van der Waals surface area contributed by atoms with Crippen LogP contribution in [0, 0.1) is 0 Å². The summed E-state index contributed by atoms with van der Waals surface area (Å²) in [5.41, 5.74) is 0.720. The van der Waals surface area contributed by atoms with Crippen molar-refractivity contribution in [2.75, 3.05) is 7.11 Å². The first-order chi connectivity index (χ1) is 16.7. The Morgan fingerprint density at radius 2 is 1.89 bits per heavy atom. The minimum Gasteiger partial charge on any atom is -0.480 e. The topological polar surface area (TPSA) is 116 Å². The van der Waals surface area contributed by atoms with Crippen LogP contribution in [0.1, 0.15) is 78.2 Å². The van der Waals surface area contributed by atoms with Crippen LogP contribution in [0.4, 0.5) is 4.79 Å². The lowest BCUT2D eigenvalue weighted by Crippen LogP contribution is -2.35. The van der Waals surface area contributed by atoms with Gasteiger partial charge in [0.25, 0.3) is 5.89 Å². The average Bonchev–Trinajstić information content (AvgIpc) is 3.30. The summed E-state index contributed by atoms with van der Waals surface area (Å²) < 4.78 is 16.9. The molecule has 0 radical (unpaired) electrons. The number of ether oxygens (including phenoxy) is 2. The second-order valence-electron chi connectivity index (χ2n) is 9.37. The first-order valence-corrected chi connectivity index (χ1v) is 12.0. The fourth-order valence-corrected chi connectivity index (χ4v) is 3.62. The number of amides is 1. The van der Waals surface area contributed by atoms with Gasteiger partial charge in [-0.3, -0.25) is 4.79 Å². The molecule has 3 aromatic rings. The summed E-state index contributed by atoms with van der Waals surface area (Å²) in [6.07, 6.45) is 3.56. The minimum absolute atomic E-state index is 0.250. The van der Waals surface area contributed by atoms with E-state index >= 15 is 0 Å². The van der Waals surface area contributed by atoms with Crippen LogP contribution in [0.3, 0.4) is 0 Å². The Hall–Kier alpha value is -3.49. The Labute approximate surface area is 205 Å². The van der Waals surface area contributed by atoms with E-state index in [0.29, 0.717) is 30.7 Å². The monoisotopic (exact) mass is 482 g/mol. The molecule has 0 aliphatic rings. The lowest BCUT2D eigenvalue weighted by atomic mass is 10.1. The van der Waals surface area contributed by atoms with Crippen molar-refractivity contribution in [2.24, 2.45) is 0 Å². The summed E-state index contributed by atoms with van der Waals surface area (Å²) in [4.78, 5) is 28.6. The number of hydrogen-bond donors (Lipinski definition) is 1. The molecule has 0 saturated carbocycles. The molecule has 0 aliphatic carbocycles. The number of rotatable bonds is 11. The summed E-state index contributed by atoms with van der Waals surface area (Å²) in [5.74, 6) is 1.15. The molecular formula is C26H34N4O5. The van der Waals surface area contributed by atoms with Crippen molar-refractivity contribution >= 4 is 22.8 Å². The number of alkyl carbamates (subject to hydrolysis) is 1. The van der Waals surface area contributed by atoms with Gasteiger partial charge in [-0.1, -0.05) is 38.0 Å². The fourth-order valence-electron chi connectivity index (χ4n) is 3.62. The molecule has 2 heterocycles. The van der Waals surface area contributed by atoms with Crippen molar-refractivity contribution in [2.45, 2.75) is 77.9 Å². The van der Waals surface area contributed by atoms with Gasteiger partial charge in [-0.25, -0.2) is 9.78 Å². The van der Waals surface area contributed by atoms with Crippen LogP contribution < -0.4 is 10.1 Å². The number of pyridine rings is 1. The van der Waals surface area contributed by atoms with Gasteiger partial charge in [0.1, 0.15) is 23.0 Å². The summed E-state index contributed by atoms with van der Waals surface area (Å²) in [6.45, 7) is 7.28. The highest BCUT2D eigenvalue weighted by atomic mass is 16.6. The fraction of sp³-hybridized carbons (Fsp3) is 0.500. The second-order valence-corrected chi connectivity index (χ2v) is 9.37. The Morgan fingerprint density at radius 3 is 2.60 bits per heavy atom. The molecule has 1 N–H and O–H groups in total. The number of ketones is 1. The van der Waals surface area contributed by atoms with Crippen molar-refractivity contribution in [3.8, 4) is 17.3 Å². The number of unbranched alkanes of at least 4 members (excludes halogenated alkanes) is 2. The molecule has 1 aromatic carbocycles. The number of benzene rings is 1. The molecule has 0 saturated heterocycles.